The van der Waals surface area contributed by atoms with Gasteiger partial charge < -0.3 is 20.7 Å². The van der Waals surface area contributed by atoms with E-state index in [-0.39, 0.29) is 11.4 Å². The first-order valence-electron chi connectivity index (χ1n) is 13.8. The predicted molar refractivity (Wildman–Crippen MR) is 170 cm³/mol. The van der Waals surface area contributed by atoms with Gasteiger partial charge in [-0.15, -0.1) is 11.8 Å². The number of hydrogen-bond acceptors (Lipinski definition) is 5. The molecule has 1 atom stereocenters. The summed E-state index contributed by atoms with van der Waals surface area (Å²) in [4.78, 5) is 40.0. The van der Waals surface area contributed by atoms with Gasteiger partial charge >= 0.3 is 6.18 Å². The molecule has 45 heavy (non-hydrogen) atoms. The molecular weight excluding hydrogens is 603 g/mol. The van der Waals surface area contributed by atoms with Gasteiger partial charge in [-0.25, -0.2) is 0 Å². The Labute approximate surface area is 262 Å². The second kappa shape index (κ2) is 15.1. The van der Waals surface area contributed by atoms with Gasteiger partial charge in [0.25, 0.3) is 11.8 Å². The Bertz CT molecular complexity index is 1680. The smallest absolute Gasteiger partial charge is 0.418 e. The van der Waals surface area contributed by atoms with Crippen LogP contribution < -0.4 is 20.7 Å². The van der Waals surface area contributed by atoms with Gasteiger partial charge in [0, 0.05) is 16.1 Å². The topological polar surface area (TPSA) is 96.5 Å². The van der Waals surface area contributed by atoms with Crippen LogP contribution in [0.15, 0.2) is 114 Å². The highest BCUT2D eigenvalue weighted by Crippen LogP contribution is 2.35. The average Bonchev–Trinajstić information content (AvgIpc) is 3.04. The number of anilines is 2. The minimum atomic E-state index is -4.62. The van der Waals surface area contributed by atoms with Crippen LogP contribution >= 0.6 is 11.8 Å². The third-order valence-corrected chi connectivity index (χ3v) is 7.84. The molecule has 0 aromatic heterocycles. The number of benzene rings is 4. The van der Waals surface area contributed by atoms with Gasteiger partial charge in [-0.3, -0.25) is 14.4 Å². The number of nitrogens with one attached hydrogen (secondary N) is 3. The summed E-state index contributed by atoms with van der Waals surface area (Å²) in [5.74, 6) is -1.02. The van der Waals surface area contributed by atoms with Crippen LogP contribution in [-0.4, -0.2) is 30.1 Å². The Hall–Kier alpha value is -5.03. The van der Waals surface area contributed by atoms with Crippen molar-refractivity contribution in [1.29, 1.82) is 0 Å². The first-order chi connectivity index (χ1) is 21.6. The molecule has 11 heteroatoms. The van der Waals surface area contributed by atoms with Crippen LogP contribution in [0.1, 0.15) is 34.8 Å². The van der Waals surface area contributed by atoms with Crippen molar-refractivity contribution in [1.82, 2.24) is 5.32 Å². The standard InChI is InChI=1S/C34H30F3N3O4S/c1-3-30(33(43)39-28-15-8-7-14-27(28)34(35,36)37)45-26-13-9-12-24(21-26)38-32(42)29(20-22-16-18-25(44-2)19-17-22)40-31(41)23-10-5-4-6-11-23/h4-21,30H,3H2,1-2H3,(H,38,42)(H,39,43)(H,40,41)/b29-20+. The van der Waals surface area contributed by atoms with Gasteiger partial charge in [-0.2, -0.15) is 13.2 Å². The van der Waals surface area contributed by atoms with Gasteiger partial charge in [0.1, 0.15) is 11.4 Å². The quantitative estimate of drug-likeness (QED) is 0.117. The number of amides is 3. The number of rotatable bonds is 11. The summed E-state index contributed by atoms with van der Waals surface area (Å²) in [6.45, 7) is 1.75. The van der Waals surface area contributed by atoms with Crippen molar-refractivity contribution in [3.63, 3.8) is 0 Å². The van der Waals surface area contributed by atoms with Crippen LogP contribution in [0.2, 0.25) is 0 Å². The Morgan fingerprint density at radius 3 is 2.22 bits per heavy atom. The third kappa shape index (κ3) is 9.23. The van der Waals surface area contributed by atoms with Crippen LogP contribution in [0.3, 0.4) is 0 Å². The van der Waals surface area contributed by atoms with Crippen LogP contribution in [0.4, 0.5) is 24.5 Å². The number of carbonyl (C=O) groups is 3. The van der Waals surface area contributed by atoms with E-state index in [2.05, 4.69) is 16.0 Å². The van der Waals surface area contributed by atoms with E-state index in [9.17, 15) is 27.6 Å². The number of ether oxygens (including phenoxy) is 1. The normalized spacial score (nSPS) is 12.2. The average molecular weight is 634 g/mol. The van der Waals surface area contributed by atoms with E-state index in [1.165, 1.54) is 31.4 Å². The van der Waals surface area contributed by atoms with E-state index >= 15 is 0 Å². The number of thioether (sulfide) groups is 1. The minimum absolute atomic E-state index is 0.0128. The molecule has 0 radical (unpaired) electrons. The Morgan fingerprint density at radius 1 is 0.867 bits per heavy atom. The SMILES string of the molecule is CCC(Sc1cccc(NC(=O)/C(=C\c2ccc(OC)cc2)NC(=O)c2ccccc2)c1)C(=O)Nc1ccccc1C(F)(F)F. The van der Waals surface area contributed by atoms with E-state index in [0.717, 1.165) is 17.8 Å². The summed E-state index contributed by atoms with van der Waals surface area (Å²) in [7, 11) is 1.54. The van der Waals surface area contributed by atoms with Gasteiger partial charge in [0.05, 0.1) is 23.6 Å². The van der Waals surface area contributed by atoms with Gasteiger partial charge in [-0.1, -0.05) is 55.5 Å². The van der Waals surface area contributed by atoms with E-state index in [1.54, 1.807) is 85.8 Å². The Balaban J connectivity index is 1.51. The zero-order valence-electron chi connectivity index (χ0n) is 24.4. The lowest BCUT2D eigenvalue weighted by Gasteiger charge is -2.18. The van der Waals surface area contributed by atoms with Crippen molar-refractivity contribution in [2.24, 2.45) is 0 Å². The summed E-state index contributed by atoms with van der Waals surface area (Å²) in [6, 6.07) is 26.9. The lowest BCUT2D eigenvalue weighted by molar-refractivity contribution is -0.137. The molecule has 0 saturated carbocycles. The summed E-state index contributed by atoms with van der Waals surface area (Å²) in [6.07, 6.45) is -2.75. The molecule has 7 nitrogen and oxygen atoms in total. The first-order valence-corrected chi connectivity index (χ1v) is 14.7. The Morgan fingerprint density at radius 2 is 1.56 bits per heavy atom. The number of methoxy groups -OCH3 is 1. The third-order valence-electron chi connectivity index (χ3n) is 6.48. The number of halogens is 3. The molecule has 0 fully saturated rings. The van der Waals surface area contributed by atoms with Crippen molar-refractivity contribution in [3.05, 3.63) is 126 Å². The molecule has 4 rings (SSSR count). The maximum absolute atomic E-state index is 13.4. The monoisotopic (exact) mass is 633 g/mol. The second-order valence-corrected chi connectivity index (χ2v) is 11.0. The van der Waals surface area contributed by atoms with E-state index in [4.69, 9.17) is 4.74 Å². The summed E-state index contributed by atoms with van der Waals surface area (Å²) < 4.78 is 45.5. The molecule has 0 saturated heterocycles. The van der Waals surface area contributed by atoms with E-state index < -0.39 is 34.7 Å². The molecule has 3 N–H and O–H groups in total. The summed E-state index contributed by atoms with van der Waals surface area (Å²) >= 11 is 1.15. The molecule has 0 bridgehead atoms. The fraction of sp³-hybridized carbons (Fsp3) is 0.147. The number of carbonyl (C=O) groups excluding carboxylic acids is 3. The molecule has 232 valence electrons. The zero-order chi connectivity index (χ0) is 32.4. The zero-order valence-corrected chi connectivity index (χ0v) is 25.2. The molecule has 1 unspecified atom stereocenters. The van der Waals surface area contributed by atoms with Crippen molar-refractivity contribution < 1.29 is 32.3 Å². The van der Waals surface area contributed by atoms with Gasteiger partial charge in [0.2, 0.25) is 5.91 Å². The van der Waals surface area contributed by atoms with Crippen LogP contribution in [-0.2, 0) is 15.8 Å². The molecule has 3 amide bonds. The van der Waals surface area contributed by atoms with Crippen molar-refractivity contribution in [2.45, 2.75) is 29.7 Å². The predicted octanol–water partition coefficient (Wildman–Crippen LogP) is 7.63. The van der Waals surface area contributed by atoms with Crippen molar-refractivity contribution in [3.8, 4) is 5.75 Å². The number of alkyl halides is 3. The maximum Gasteiger partial charge on any atom is 0.418 e. The van der Waals surface area contributed by atoms with E-state index in [0.29, 0.717) is 33.9 Å². The van der Waals surface area contributed by atoms with Crippen molar-refractivity contribution >= 4 is 46.9 Å². The minimum Gasteiger partial charge on any atom is -0.497 e. The molecule has 4 aromatic carbocycles. The fourth-order valence-electron chi connectivity index (χ4n) is 4.19. The lowest BCUT2D eigenvalue weighted by atomic mass is 10.1. The van der Waals surface area contributed by atoms with Crippen LogP contribution in [0.5, 0.6) is 5.75 Å². The van der Waals surface area contributed by atoms with Crippen LogP contribution in [0, 0.1) is 0 Å². The lowest BCUT2D eigenvalue weighted by Crippen LogP contribution is -2.30. The summed E-state index contributed by atoms with van der Waals surface area (Å²) in [5.41, 5.74) is 0.136. The molecule has 0 heterocycles. The highest BCUT2D eigenvalue weighted by molar-refractivity contribution is 8.00. The molecular formula is C34H30F3N3O4S. The first kappa shape index (κ1) is 32.9. The molecule has 0 spiro atoms. The molecule has 0 aliphatic rings. The molecule has 0 aliphatic heterocycles. The highest BCUT2D eigenvalue weighted by atomic mass is 32.2. The Kier molecular flexibility index (Phi) is 11.0. The largest absolute Gasteiger partial charge is 0.497 e. The molecule has 0 aliphatic carbocycles. The second-order valence-electron chi connectivity index (χ2n) is 9.68. The number of hydrogen-bond donors (Lipinski definition) is 3. The highest BCUT2D eigenvalue weighted by Gasteiger charge is 2.34. The number of para-hydroxylation sites is 1. The van der Waals surface area contributed by atoms with Crippen molar-refractivity contribution in [2.75, 3.05) is 17.7 Å². The van der Waals surface area contributed by atoms with Gasteiger partial charge in [0.15, 0.2) is 0 Å². The maximum atomic E-state index is 13.4. The van der Waals surface area contributed by atoms with Gasteiger partial charge in [-0.05, 0) is 72.7 Å². The fourth-order valence-corrected chi connectivity index (χ4v) is 5.21. The van der Waals surface area contributed by atoms with E-state index in [1.807, 2.05) is 0 Å². The summed E-state index contributed by atoms with van der Waals surface area (Å²) in [5, 5.41) is 7.15. The molecule has 4 aromatic rings. The van der Waals surface area contributed by atoms with Crippen LogP contribution in [0.25, 0.3) is 6.08 Å².